The van der Waals surface area contributed by atoms with Crippen molar-refractivity contribution in [2.75, 3.05) is 5.32 Å². The molecule has 1 N–H and O–H groups in total. The molecule has 0 heterocycles. The average molecular weight is 470 g/mol. The second-order valence-corrected chi connectivity index (χ2v) is 8.80. The molecule has 1 amide bonds. The van der Waals surface area contributed by atoms with Crippen LogP contribution in [-0.2, 0) is 11.2 Å². The Kier molecular flexibility index (Phi) is 6.61. The van der Waals surface area contributed by atoms with Crippen molar-refractivity contribution >= 4 is 28.8 Å². The number of hydrogen-bond acceptors (Lipinski definition) is 1. The highest BCUT2D eigenvalue weighted by atomic mass is 35.5. The predicted octanol–water partition coefficient (Wildman–Crippen LogP) is 7.84. The predicted molar refractivity (Wildman–Crippen MR) is 127 cm³/mol. The SMILES string of the molecule is Cc1cc(Cl)ccc1-c1ccc(NC(=O)Cc2ccc(C3=CCC(F)(F)CC3)cc2)c(F)c1. The molecule has 2 nitrogen and oxygen atoms in total. The summed E-state index contributed by atoms with van der Waals surface area (Å²) in [5.74, 6) is -3.48. The van der Waals surface area contributed by atoms with Crippen molar-refractivity contribution in [3.05, 3.63) is 94.3 Å². The van der Waals surface area contributed by atoms with Gasteiger partial charge in [0, 0.05) is 17.9 Å². The van der Waals surface area contributed by atoms with Crippen LogP contribution in [0.3, 0.4) is 0 Å². The zero-order chi connectivity index (χ0) is 23.6. The van der Waals surface area contributed by atoms with Crippen molar-refractivity contribution in [2.24, 2.45) is 0 Å². The summed E-state index contributed by atoms with van der Waals surface area (Å²) in [7, 11) is 0. The fourth-order valence-electron chi connectivity index (χ4n) is 4.01. The molecule has 3 aromatic rings. The summed E-state index contributed by atoms with van der Waals surface area (Å²) in [4.78, 5) is 12.5. The molecule has 1 aliphatic carbocycles. The topological polar surface area (TPSA) is 29.1 Å². The maximum Gasteiger partial charge on any atom is 0.251 e. The normalized spacial score (nSPS) is 15.1. The number of hydrogen-bond donors (Lipinski definition) is 1. The average Bonchev–Trinajstić information content (AvgIpc) is 2.76. The number of carbonyl (C=O) groups excluding carboxylic acids is 1. The summed E-state index contributed by atoms with van der Waals surface area (Å²) in [5.41, 5.74) is 5.15. The first-order valence-electron chi connectivity index (χ1n) is 10.7. The van der Waals surface area contributed by atoms with Crippen molar-refractivity contribution in [1.29, 1.82) is 0 Å². The summed E-state index contributed by atoms with van der Waals surface area (Å²) in [6.45, 7) is 1.90. The number of benzene rings is 3. The van der Waals surface area contributed by atoms with Crippen molar-refractivity contribution < 1.29 is 18.0 Å². The Balaban J connectivity index is 1.40. The molecule has 0 spiro atoms. The first kappa shape index (κ1) is 23.1. The highest BCUT2D eigenvalue weighted by Gasteiger charge is 2.30. The lowest BCUT2D eigenvalue weighted by molar-refractivity contribution is -0.115. The van der Waals surface area contributed by atoms with Gasteiger partial charge >= 0.3 is 0 Å². The lowest BCUT2D eigenvalue weighted by Gasteiger charge is -2.21. The molecular formula is C27H23ClF3NO. The van der Waals surface area contributed by atoms with Crippen LogP contribution < -0.4 is 5.32 Å². The van der Waals surface area contributed by atoms with Crippen LogP contribution >= 0.6 is 11.6 Å². The number of allylic oxidation sites excluding steroid dienone is 2. The summed E-state index contributed by atoms with van der Waals surface area (Å²) in [6, 6.07) is 17.4. The van der Waals surface area contributed by atoms with Gasteiger partial charge in [-0.25, -0.2) is 13.2 Å². The Morgan fingerprint density at radius 2 is 1.76 bits per heavy atom. The maximum atomic E-state index is 14.7. The van der Waals surface area contributed by atoms with Crippen LogP contribution in [0.1, 0.15) is 36.0 Å². The molecule has 0 fully saturated rings. The molecule has 4 rings (SSSR count). The second-order valence-electron chi connectivity index (χ2n) is 8.37. The van der Waals surface area contributed by atoms with Crippen LogP contribution in [0.25, 0.3) is 16.7 Å². The number of carbonyl (C=O) groups is 1. The highest BCUT2D eigenvalue weighted by Crippen LogP contribution is 2.36. The van der Waals surface area contributed by atoms with E-state index >= 15 is 0 Å². The van der Waals surface area contributed by atoms with Gasteiger partial charge in [0.2, 0.25) is 5.91 Å². The van der Waals surface area contributed by atoms with Crippen LogP contribution in [0.5, 0.6) is 0 Å². The Morgan fingerprint density at radius 1 is 1.03 bits per heavy atom. The Hall–Kier alpha value is -3.05. The Bertz CT molecular complexity index is 1220. The zero-order valence-electron chi connectivity index (χ0n) is 18.1. The van der Waals surface area contributed by atoms with Crippen molar-refractivity contribution in [3.63, 3.8) is 0 Å². The number of halogens is 4. The lowest BCUT2D eigenvalue weighted by atomic mass is 9.91. The third kappa shape index (κ3) is 5.66. The van der Waals surface area contributed by atoms with Gasteiger partial charge in [-0.1, -0.05) is 54.1 Å². The van der Waals surface area contributed by atoms with Crippen LogP contribution in [0, 0.1) is 12.7 Å². The molecule has 0 atom stereocenters. The van der Waals surface area contributed by atoms with E-state index in [1.165, 1.54) is 6.07 Å². The Morgan fingerprint density at radius 3 is 2.39 bits per heavy atom. The monoisotopic (exact) mass is 469 g/mol. The largest absolute Gasteiger partial charge is 0.323 e. The van der Waals surface area contributed by atoms with Gasteiger partial charge in [0.25, 0.3) is 5.92 Å². The molecule has 3 aromatic carbocycles. The summed E-state index contributed by atoms with van der Waals surface area (Å²) in [6.07, 6.45) is 1.61. The van der Waals surface area contributed by atoms with Gasteiger partial charge in [0.15, 0.2) is 0 Å². The number of alkyl halides is 2. The number of aryl methyl sites for hydroxylation is 1. The van der Waals surface area contributed by atoms with Crippen molar-refractivity contribution in [3.8, 4) is 11.1 Å². The summed E-state index contributed by atoms with van der Waals surface area (Å²) in [5, 5.41) is 3.23. The lowest BCUT2D eigenvalue weighted by Crippen LogP contribution is -2.18. The van der Waals surface area contributed by atoms with E-state index < -0.39 is 11.7 Å². The molecule has 0 radical (unpaired) electrons. The third-order valence-corrected chi connectivity index (χ3v) is 6.07. The molecule has 0 unspecified atom stereocenters. The van der Waals surface area contributed by atoms with Crippen LogP contribution in [0.15, 0.2) is 66.7 Å². The van der Waals surface area contributed by atoms with Gasteiger partial charge in [-0.15, -0.1) is 0 Å². The summed E-state index contributed by atoms with van der Waals surface area (Å²) >= 11 is 5.99. The summed E-state index contributed by atoms with van der Waals surface area (Å²) < 4.78 is 41.3. The quantitative estimate of drug-likeness (QED) is 0.405. The van der Waals surface area contributed by atoms with E-state index in [-0.39, 0.29) is 30.9 Å². The Labute approximate surface area is 196 Å². The molecule has 6 heteroatoms. The van der Waals surface area contributed by atoms with Gasteiger partial charge in [-0.3, -0.25) is 4.79 Å². The first-order chi connectivity index (χ1) is 15.7. The minimum atomic E-state index is -2.62. The molecule has 33 heavy (non-hydrogen) atoms. The van der Waals surface area contributed by atoms with Crippen molar-refractivity contribution in [2.45, 2.75) is 38.5 Å². The standard InChI is InChI=1S/C27H23ClF3NO/c1-17-14-22(28)7-8-23(17)21-6-9-25(24(29)16-21)32-26(33)15-18-2-4-19(5-3-18)20-10-12-27(30,31)13-11-20/h2-10,14,16H,11-13,15H2,1H3,(H,32,33). The molecule has 170 valence electrons. The van der Waals surface area contributed by atoms with E-state index in [0.717, 1.165) is 27.8 Å². The van der Waals surface area contributed by atoms with E-state index in [9.17, 15) is 18.0 Å². The molecule has 0 aliphatic heterocycles. The molecule has 0 saturated carbocycles. The van der Waals surface area contributed by atoms with Gasteiger partial charge in [0.05, 0.1) is 12.1 Å². The number of rotatable bonds is 5. The van der Waals surface area contributed by atoms with E-state index in [4.69, 9.17) is 11.6 Å². The minimum Gasteiger partial charge on any atom is -0.323 e. The van der Waals surface area contributed by atoms with E-state index in [2.05, 4.69) is 5.32 Å². The molecule has 1 aliphatic rings. The van der Waals surface area contributed by atoms with E-state index in [0.29, 0.717) is 17.0 Å². The van der Waals surface area contributed by atoms with Crippen LogP contribution in [-0.4, -0.2) is 11.8 Å². The van der Waals surface area contributed by atoms with Gasteiger partial charge in [0.1, 0.15) is 5.82 Å². The molecule has 0 bridgehead atoms. The fraction of sp³-hybridized carbons (Fsp3) is 0.222. The minimum absolute atomic E-state index is 0.0783. The number of nitrogens with one attached hydrogen (secondary N) is 1. The first-order valence-corrected chi connectivity index (χ1v) is 11.1. The molecular weight excluding hydrogens is 447 g/mol. The maximum absolute atomic E-state index is 14.7. The van der Waals surface area contributed by atoms with E-state index in [1.54, 1.807) is 36.4 Å². The second kappa shape index (κ2) is 9.44. The number of amides is 1. The van der Waals surface area contributed by atoms with Crippen LogP contribution in [0.2, 0.25) is 5.02 Å². The number of anilines is 1. The van der Waals surface area contributed by atoms with Gasteiger partial charge in [-0.2, -0.15) is 0 Å². The van der Waals surface area contributed by atoms with Gasteiger partial charge in [-0.05, 0) is 71.0 Å². The smallest absolute Gasteiger partial charge is 0.251 e. The van der Waals surface area contributed by atoms with Crippen molar-refractivity contribution in [1.82, 2.24) is 0 Å². The molecule has 0 saturated heterocycles. The third-order valence-electron chi connectivity index (χ3n) is 5.84. The fourth-order valence-corrected chi connectivity index (χ4v) is 4.23. The molecule has 0 aromatic heterocycles. The van der Waals surface area contributed by atoms with Gasteiger partial charge < -0.3 is 5.32 Å². The highest BCUT2D eigenvalue weighted by molar-refractivity contribution is 6.30. The zero-order valence-corrected chi connectivity index (χ0v) is 18.9. The van der Waals surface area contributed by atoms with E-state index in [1.807, 2.05) is 31.2 Å². The van der Waals surface area contributed by atoms with Crippen LogP contribution in [0.4, 0.5) is 18.9 Å².